The molecule has 4 rings (SSSR count). The molecule has 0 aliphatic rings. The molecule has 6 heteroatoms. The van der Waals surface area contributed by atoms with E-state index in [-0.39, 0.29) is 16.8 Å². The van der Waals surface area contributed by atoms with Gasteiger partial charge in [0.25, 0.3) is 5.91 Å². The standard InChI is InChI=1S/C18H13N3O3/c1-24-9-6-7-12-13(8-9)21-15-10-4-2-3-5-11(10)17(22)14(18(19)23)16(15)20-12/h2-8,22H,1H3,(H2,19,23). The molecule has 0 atom stereocenters. The minimum absolute atomic E-state index is 0.0195. The molecule has 24 heavy (non-hydrogen) atoms. The number of fused-ring (bicyclic) bond motifs is 4. The fourth-order valence-corrected chi connectivity index (χ4v) is 2.90. The number of rotatable bonds is 2. The minimum atomic E-state index is -0.745. The van der Waals surface area contributed by atoms with Crippen molar-refractivity contribution in [2.45, 2.75) is 0 Å². The third-order valence-corrected chi connectivity index (χ3v) is 4.03. The molecule has 1 amide bonds. The van der Waals surface area contributed by atoms with Crippen LogP contribution in [0.15, 0.2) is 42.5 Å². The zero-order valence-corrected chi connectivity index (χ0v) is 12.8. The molecule has 0 aliphatic heterocycles. The van der Waals surface area contributed by atoms with Gasteiger partial charge in [0.2, 0.25) is 0 Å². The molecule has 0 aliphatic carbocycles. The molecular formula is C18H13N3O3. The number of amides is 1. The Kier molecular flexibility index (Phi) is 2.99. The van der Waals surface area contributed by atoms with Gasteiger partial charge in [0.15, 0.2) is 0 Å². The van der Waals surface area contributed by atoms with Crippen LogP contribution >= 0.6 is 0 Å². The molecule has 0 saturated heterocycles. The first-order chi connectivity index (χ1) is 11.6. The van der Waals surface area contributed by atoms with Crippen LogP contribution in [0.3, 0.4) is 0 Å². The first-order valence-electron chi connectivity index (χ1n) is 7.29. The smallest absolute Gasteiger partial charge is 0.254 e. The molecule has 0 saturated carbocycles. The fraction of sp³-hybridized carbons (Fsp3) is 0.0556. The Bertz CT molecular complexity index is 1140. The Labute approximate surface area is 136 Å². The van der Waals surface area contributed by atoms with E-state index in [4.69, 9.17) is 10.5 Å². The highest BCUT2D eigenvalue weighted by Gasteiger charge is 2.20. The molecule has 3 aromatic carbocycles. The fourth-order valence-electron chi connectivity index (χ4n) is 2.90. The SMILES string of the molecule is COc1ccc2nc3c(C(N)=O)c(O)c4ccccc4c3nc2c1. The van der Waals surface area contributed by atoms with E-state index < -0.39 is 5.91 Å². The number of primary amides is 1. The Balaban J connectivity index is 2.26. The van der Waals surface area contributed by atoms with E-state index in [2.05, 4.69) is 9.97 Å². The van der Waals surface area contributed by atoms with Crippen LogP contribution in [0.2, 0.25) is 0 Å². The number of methoxy groups -OCH3 is 1. The topological polar surface area (TPSA) is 98.3 Å². The highest BCUT2D eigenvalue weighted by molar-refractivity contribution is 6.18. The minimum Gasteiger partial charge on any atom is -0.506 e. The molecule has 4 aromatic rings. The number of ether oxygens (including phenoxy) is 1. The van der Waals surface area contributed by atoms with E-state index in [9.17, 15) is 9.90 Å². The molecule has 118 valence electrons. The largest absolute Gasteiger partial charge is 0.506 e. The number of aromatic hydroxyl groups is 1. The molecule has 3 N–H and O–H groups in total. The van der Waals surface area contributed by atoms with Gasteiger partial charge in [-0.1, -0.05) is 24.3 Å². The summed E-state index contributed by atoms with van der Waals surface area (Å²) in [4.78, 5) is 21.0. The van der Waals surface area contributed by atoms with E-state index in [0.717, 1.165) is 0 Å². The number of hydrogen-bond donors (Lipinski definition) is 2. The first kappa shape index (κ1) is 14.2. The maximum atomic E-state index is 11.9. The lowest BCUT2D eigenvalue weighted by molar-refractivity contribution is 0.0999. The van der Waals surface area contributed by atoms with Gasteiger partial charge in [-0.05, 0) is 12.1 Å². The number of nitrogens with two attached hydrogens (primary N) is 1. The predicted molar refractivity (Wildman–Crippen MR) is 91.3 cm³/mol. The highest BCUT2D eigenvalue weighted by atomic mass is 16.5. The molecule has 1 heterocycles. The number of aromatic nitrogens is 2. The van der Waals surface area contributed by atoms with Crippen molar-refractivity contribution in [3.8, 4) is 11.5 Å². The maximum absolute atomic E-state index is 11.9. The quantitative estimate of drug-likeness (QED) is 0.437. The van der Waals surface area contributed by atoms with Gasteiger partial charge in [-0.3, -0.25) is 4.79 Å². The van der Waals surface area contributed by atoms with Gasteiger partial charge >= 0.3 is 0 Å². The van der Waals surface area contributed by atoms with Crippen molar-refractivity contribution in [1.29, 1.82) is 0 Å². The van der Waals surface area contributed by atoms with Crippen molar-refractivity contribution in [3.63, 3.8) is 0 Å². The average molecular weight is 319 g/mol. The van der Waals surface area contributed by atoms with Crippen LogP contribution in [0.1, 0.15) is 10.4 Å². The summed E-state index contributed by atoms with van der Waals surface area (Å²) in [6, 6.07) is 12.4. The number of hydrogen-bond acceptors (Lipinski definition) is 5. The van der Waals surface area contributed by atoms with Crippen molar-refractivity contribution in [2.24, 2.45) is 5.73 Å². The van der Waals surface area contributed by atoms with Gasteiger partial charge in [-0.15, -0.1) is 0 Å². The van der Waals surface area contributed by atoms with Crippen LogP contribution in [0.4, 0.5) is 0 Å². The van der Waals surface area contributed by atoms with E-state index in [1.165, 1.54) is 0 Å². The van der Waals surface area contributed by atoms with Crippen LogP contribution in [-0.2, 0) is 0 Å². The highest BCUT2D eigenvalue weighted by Crippen LogP contribution is 2.36. The van der Waals surface area contributed by atoms with Crippen molar-refractivity contribution in [1.82, 2.24) is 9.97 Å². The van der Waals surface area contributed by atoms with Gasteiger partial charge in [0.05, 0.1) is 23.7 Å². The summed E-state index contributed by atoms with van der Waals surface area (Å²) in [7, 11) is 1.58. The van der Waals surface area contributed by atoms with Crippen molar-refractivity contribution in [2.75, 3.05) is 7.11 Å². The zero-order valence-electron chi connectivity index (χ0n) is 12.8. The lowest BCUT2D eigenvalue weighted by Crippen LogP contribution is -2.13. The molecule has 0 fully saturated rings. The second-order valence-corrected chi connectivity index (χ2v) is 5.41. The zero-order chi connectivity index (χ0) is 16.8. The summed E-state index contributed by atoms with van der Waals surface area (Å²) in [5.41, 5.74) is 7.47. The number of nitrogens with zero attached hydrogens (tertiary/aromatic N) is 2. The van der Waals surface area contributed by atoms with E-state index >= 15 is 0 Å². The van der Waals surface area contributed by atoms with Crippen LogP contribution in [0, 0.1) is 0 Å². The first-order valence-corrected chi connectivity index (χ1v) is 7.29. The molecule has 6 nitrogen and oxygen atoms in total. The molecule has 1 aromatic heterocycles. The Hall–Kier alpha value is -3.41. The third kappa shape index (κ3) is 1.93. The molecule has 0 bridgehead atoms. The molecule has 0 unspecified atom stereocenters. The van der Waals surface area contributed by atoms with Crippen LogP contribution in [0.5, 0.6) is 11.5 Å². The number of benzene rings is 3. The summed E-state index contributed by atoms with van der Waals surface area (Å²) >= 11 is 0. The van der Waals surface area contributed by atoms with Gasteiger partial charge < -0.3 is 15.6 Å². The summed E-state index contributed by atoms with van der Waals surface area (Å²) in [5.74, 6) is -0.257. The van der Waals surface area contributed by atoms with Gasteiger partial charge in [-0.2, -0.15) is 0 Å². The van der Waals surface area contributed by atoms with Crippen LogP contribution < -0.4 is 10.5 Å². The second kappa shape index (κ2) is 5.06. The molecular weight excluding hydrogens is 306 g/mol. The van der Waals surface area contributed by atoms with Crippen LogP contribution in [-0.4, -0.2) is 28.1 Å². The normalized spacial score (nSPS) is 11.2. The van der Waals surface area contributed by atoms with Gasteiger partial charge in [-0.25, -0.2) is 9.97 Å². The number of phenols is 1. The second-order valence-electron chi connectivity index (χ2n) is 5.41. The molecule has 0 spiro atoms. The average Bonchev–Trinajstić information content (AvgIpc) is 2.60. The van der Waals surface area contributed by atoms with Crippen molar-refractivity contribution in [3.05, 3.63) is 48.0 Å². The summed E-state index contributed by atoms with van der Waals surface area (Å²) in [5, 5.41) is 11.7. The van der Waals surface area contributed by atoms with Crippen LogP contribution in [0.25, 0.3) is 32.8 Å². The van der Waals surface area contributed by atoms with Gasteiger partial charge in [0.1, 0.15) is 22.6 Å². The van der Waals surface area contributed by atoms with E-state index in [0.29, 0.717) is 33.1 Å². The predicted octanol–water partition coefficient (Wildman–Crippen LogP) is 2.75. The number of carbonyl (C=O) groups excluding carboxylic acids is 1. The summed E-state index contributed by atoms with van der Waals surface area (Å²) in [6.07, 6.45) is 0. The monoisotopic (exact) mass is 319 g/mol. The van der Waals surface area contributed by atoms with Gasteiger partial charge in [0, 0.05) is 16.8 Å². The Morgan fingerprint density at radius 3 is 2.46 bits per heavy atom. The lowest BCUT2D eigenvalue weighted by atomic mass is 10.0. The Morgan fingerprint density at radius 2 is 1.75 bits per heavy atom. The summed E-state index contributed by atoms with van der Waals surface area (Å²) < 4.78 is 5.22. The Morgan fingerprint density at radius 1 is 1.04 bits per heavy atom. The van der Waals surface area contributed by atoms with Crippen molar-refractivity contribution >= 4 is 38.7 Å². The van der Waals surface area contributed by atoms with E-state index in [1.54, 1.807) is 37.4 Å². The van der Waals surface area contributed by atoms with E-state index in [1.807, 2.05) is 12.1 Å². The summed E-state index contributed by atoms with van der Waals surface area (Å²) in [6.45, 7) is 0. The van der Waals surface area contributed by atoms with Crippen molar-refractivity contribution < 1.29 is 14.6 Å². The molecule has 0 radical (unpaired) electrons. The maximum Gasteiger partial charge on any atom is 0.254 e. The third-order valence-electron chi connectivity index (χ3n) is 4.03. The number of carbonyl (C=O) groups is 1. The lowest BCUT2D eigenvalue weighted by Gasteiger charge is -2.11.